The average molecular weight is 498 g/mol. The van der Waals surface area contributed by atoms with Gasteiger partial charge in [0.1, 0.15) is 5.75 Å². The number of ether oxygens (including phenoxy) is 1. The maximum absolute atomic E-state index is 13.0. The third-order valence-corrected chi connectivity index (χ3v) is 5.84. The van der Waals surface area contributed by atoms with Crippen LogP contribution in [0.25, 0.3) is 27.9 Å². The minimum absolute atomic E-state index is 0.293. The van der Waals surface area contributed by atoms with Crippen LogP contribution in [0.15, 0.2) is 46.9 Å². The molecule has 0 bridgehead atoms. The van der Waals surface area contributed by atoms with Crippen molar-refractivity contribution in [3.05, 3.63) is 52.8 Å². The molecule has 2 aromatic heterocycles. The zero-order chi connectivity index (χ0) is 22.9. The van der Waals surface area contributed by atoms with Gasteiger partial charge >= 0.3 is 0 Å². The summed E-state index contributed by atoms with van der Waals surface area (Å²) >= 11 is 3.56. The molecule has 0 aliphatic rings. The van der Waals surface area contributed by atoms with E-state index in [1.165, 1.54) is 0 Å². The van der Waals surface area contributed by atoms with E-state index in [1.54, 1.807) is 18.5 Å². The molecule has 4 N–H and O–H groups in total. The van der Waals surface area contributed by atoms with Gasteiger partial charge in [-0.25, -0.2) is 9.97 Å². The first kappa shape index (κ1) is 22.1. The van der Waals surface area contributed by atoms with Crippen LogP contribution < -0.4 is 21.1 Å². The molecule has 0 saturated heterocycles. The topological polar surface area (TPSA) is 119 Å². The fourth-order valence-electron chi connectivity index (χ4n) is 3.38. The number of halogens is 1. The number of methoxy groups -OCH3 is 1. The highest BCUT2D eigenvalue weighted by Crippen LogP contribution is 2.30. The number of rotatable bonds is 7. The van der Waals surface area contributed by atoms with Gasteiger partial charge < -0.3 is 21.1 Å². The monoisotopic (exact) mass is 497 g/mol. The number of fused-ring (bicyclic) bond motifs is 3. The Bertz CT molecular complexity index is 1290. The van der Waals surface area contributed by atoms with Gasteiger partial charge in [-0.15, -0.1) is 5.10 Å². The maximum Gasteiger partial charge on any atom is 0.247 e. The van der Waals surface area contributed by atoms with Crippen LogP contribution in [0.5, 0.6) is 5.75 Å². The van der Waals surface area contributed by atoms with E-state index in [0.717, 1.165) is 21.2 Å². The summed E-state index contributed by atoms with van der Waals surface area (Å²) in [6.45, 7) is 2.69. The van der Waals surface area contributed by atoms with Crippen molar-refractivity contribution >= 4 is 38.4 Å². The summed E-state index contributed by atoms with van der Waals surface area (Å²) in [5.74, 6) is 1.17. The third kappa shape index (κ3) is 3.92. The van der Waals surface area contributed by atoms with Gasteiger partial charge in [-0.2, -0.15) is 4.52 Å². The van der Waals surface area contributed by atoms with Gasteiger partial charge in [-0.3, -0.25) is 4.79 Å². The fraction of sp³-hybridized carbons (Fsp3) is 0.273. The number of nitrogens with two attached hydrogens (primary N) is 1. The number of carbonyl (C=O) groups excluding carboxylic acids is 1. The molecule has 1 atom stereocenters. The van der Waals surface area contributed by atoms with E-state index >= 15 is 0 Å². The lowest BCUT2D eigenvalue weighted by Gasteiger charge is -2.24. The summed E-state index contributed by atoms with van der Waals surface area (Å²) < 4.78 is 7.58. The number of amides is 1. The van der Waals surface area contributed by atoms with E-state index in [1.807, 2.05) is 49.5 Å². The highest BCUT2D eigenvalue weighted by molar-refractivity contribution is 9.10. The van der Waals surface area contributed by atoms with Crippen molar-refractivity contribution in [3.8, 4) is 17.1 Å². The van der Waals surface area contributed by atoms with Crippen molar-refractivity contribution < 1.29 is 9.53 Å². The van der Waals surface area contributed by atoms with Crippen LogP contribution in [0.1, 0.15) is 12.7 Å². The number of nitrogens with one attached hydrogen (secondary N) is 2. The highest BCUT2D eigenvalue weighted by atomic mass is 79.9. The average Bonchev–Trinajstić information content (AvgIpc) is 3.24. The van der Waals surface area contributed by atoms with Gasteiger partial charge in [0.25, 0.3) is 0 Å². The lowest BCUT2D eigenvalue weighted by Crippen LogP contribution is -2.51. The van der Waals surface area contributed by atoms with E-state index in [4.69, 9.17) is 20.4 Å². The van der Waals surface area contributed by atoms with Crippen molar-refractivity contribution in [3.63, 3.8) is 0 Å². The quantitative estimate of drug-likeness (QED) is 0.335. The number of likely N-dealkylation sites (N-methyl/N-ethyl adjacent to an activating group) is 1. The molecular formula is C22H24BrN7O2. The van der Waals surface area contributed by atoms with Gasteiger partial charge in [0.05, 0.1) is 12.6 Å². The molecule has 1 amide bonds. The Labute approximate surface area is 193 Å². The number of para-hydroxylation sites is 1. The first-order valence-electron chi connectivity index (χ1n) is 10.1. The molecule has 2 heterocycles. The summed E-state index contributed by atoms with van der Waals surface area (Å²) in [5, 5.41) is 11.3. The van der Waals surface area contributed by atoms with Crippen molar-refractivity contribution in [2.75, 3.05) is 27.2 Å². The summed E-state index contributed by atoms with van der Waals surface area (Å²) in [6.07, 6.45) is 0. The normalized spacial score (nSPS) is 13.3. The zero-order valence-electron chi connectivity index (χ0n) is 18.0. The first-order valence-corrected chi connectivity index (χ1v) is 10.9. The minimum atomic E-state index is -1.44. The van der Waals surface area contributed by atoms with Crippen molar-refractivity contribution in [1.82, 2.24) is 30.2 Å². The molecule has 0 saturated carbocycles. The molecule has 9 nitrogen and oxygen atoms in total. The molecule has 166 valence electrons. The van der Waals surface area contributed by atoms with E-state index in [9.17, 15) is 4.79 Å². The minimum Gasteiger partial charge on any atom is -0.497 e. The number of nitrogens with zero attached hydrogens (tertiary/aromatic N) is 4. The molecule has 0 aliphatic heterocycles. The van der Waals surface area contributed by atoms with Crippen molar-refractivity contribution in [1.29, 1.82) is 0 Å². The molecule has 4 aromatic rings. The highest BCUT2D eigenvalue weighted by Gasteiger charge is 2.36. The molecule has 0 aliphatic carbocycles. The number of aromatic nitrogens is 4. The Morgan fingerprint density at radius 3 is 2.62 bits per heavy atom. The lowest BCUT2D eigenvalue weighted by molar-refractivity contribution is -0.126. The van der Waals surface area contributed by atoms with Crippen molar-refractivity contribution in [2.45, 2.75) is 12.5 Å². The van der Waals surface area contributed by atoms with Gasteiger partial charge in [-0.1, -0.05) is 6.07 Å². The second kappa shape index (κ2) is 8.81. The number of carbonyl (C=O) groups is 1. The molecule has 0 unspecified atom stereocenters. The molecule has 10 heteroatoms. The van der Waals surface area contributed by atoms with Gasteiger partial charge in [0.2, 0.25) is 5.91 Å². The Kier molecular flexibility index (Phi) is 6.09. The molecule has 0 fully saturated rings. The van der Waals surface area contributed by atoms with Crippen LogP contribution in [-0.2, 0) is 10.3 Å². The molecule has 0 radical (unpaired) electrons. The van der Waals surface area contributed by atoms with E-state index in [2.05, 4.69) is 31.7 Å². The predicted molar refractivity (Wildman–Crippen MR) is 126 cm³/mol. The van der Waals surface area contributed by atoms with Gasteiger partial charge in [0, 0.05) is 28.5 Å². The smallest absolute Gasteiger partial charge is 0.247 e. The second-order valence-electron chi connectivity index (χ2n) is 7.53. The Balaban J connectivity index is 1.91. The molecule has 2 aromatic carbocycles. The van der Waals surface area contributed by atoms with Crippen LogP contribution in [-0.4, -0.2) is 52.7 Å². The third-order valence-electron chi connectivity index (χ3n) is 5.20. The van der Waals surface area contributed by atoms with Crippen molar-refractivity contribution in [2.24, 2.45) is 5.73 Å². The SMILES string of the molecule is CNCCNC(=O)[C@@](C)(N)c1nc2c(Br)cccc2c2nc(-c3ccc(OC)cc3)nn12. The molecule has 4 rings (SSSR count). The van der Waals surface area contributed by atoms with Crippen LogP contribution in [0.2, 0.25) is 0 Å². The van der Waals surface area contributed by atoms with Crippen LogP contribution >= 0.6 is 15.9 Å². The zero-order valence-corrected chi connectivity index (χ0v) is 19.6. The summed E-state index contributed by atoms with van der Waals surface area (Å²) in [4.78, 5) is 22.5. The summed E-state index contributed by atoms with van der Waals surface area (Å²) in [5.41, 5.74) is 7.13. The largest absolute Gasteiger partial charge is 0.497 e. The van der Waals surface area contributed by atoms with E-state index in [-0.39, 0.29) is 5.91 Å². The van der Waals surface area contributed by atoms with Crippen LogP contribution in [0.4, 0.5) is 0 Å². The first-order chi connectivity index (χ1) is 15.4. The van der Waals surface area contributed by atoms with E-state index < -0.39 is 5.54 Å². The lowest BCUT2D eigenvalue weighted by atomic mass is 10.0. The standard InChI is InChI=1S/C22H24BrN7O2/c1-22(24,21(31)26-12-11-25-2)20-27-17-15(5-4-6-16(17)23)19-28-18(29-30(19)20)13-7-9-14(32-3)10-8-13/h4-10,25H,11-12,24H2,1-3H3,(H,26,31)/t22-/m0/s1. The summed E-state index contributed by atoms with van der Waals surface area (Å²) in [6, 6.07) is 13.2. The van der Waals surface area contributed by atoms with Gasteiger partial charge in [-0.05, 0) is 66.3 Å². The Morgan fingerprint density at radius 1 is 1.19 bits per heavy atom. The predicted octanol–water partition coefficient (Wildman–Crippen LogP) is 2.23. The maximum atomic E-state index is 13.0. The number of benzene rings is 2. The molecule has 32 heavy (non-hydrogen) atoms. The van der Waals surface area contributed by atoms with Crippen LogP contribution in [0.3, 0.4) is 0 Å². The Morgan fingerprint density at radius 2 is 1.94 bits per heavy atom. The number of hydrogen-bond donors (Lipinski definition) is 3. The number of hydrogen-bond acceptors (Lipinski definition) is 7. The molecule has 0 spiro atoms. The Hall–Kier alpha value is -3.08. The second-order valence-corrected chi connectivity index (χ2v) is 8.39. The molecular weight excluding hydrogens is 474 g/mol. The fourth-order valence-corrected chi connectivity index (χ4v) is 3.84. The van der Waals surface area contributed by atoms with E-state index in [0.29, 0.717) is 35.9 Å². The van der Waals surface area contributed by atoms with Gasteiger partial charge in [0.15, 0.2) is 22.8 Å². The summed E-state index contributed by atoms with van der Waals surface area (Å²) in [7, 11) is 3.43. The van der Waals surface area contributed by atoms with Crippen LogP contribution in [0, 0.1) is 0 Å².